The zero-order valence-electron chi connectivity index (χ0n) is 15.4. The lowest BCUT2D eigenvalue weighted by molar-refractivity contribution is 0.0946. The second-order valence-corrected chi connectivity index (χ2v) is 7.18. The van der Waals surface area contributed by atoms with Crippen molar-refractivity contribution in [3.63, 3.8) is 0 Å². The Morgan fingerprint density at radius 2 is 1.81 bits per heavy atom. The molecule has 0 unspecified atom stereocenters. The van der Waals surface area contributed by atoms with E-state index in [9.17, 15) is 4.79 Å². The van der Waals surface area contributed by atoms with Crippen molar-refractivity contribution in [1.82, 2.24) is 15.3 Å². The summed E-state index contributed by atoms with van der Waals surface area (Å²) in [4.78, 5) is 25.7. The fourth-order valence-corrected chi connectivity index (χ4v) is 3.34. The Bertz CT molecular complexity index is 810. The van der Waals surface area contributed by atoms with E-state index in [1.165, 1.54) is 16.8 Å². The fraction of sp³-hybridized carbons (Fsp3) is 0.450. The first-order chi connectivity index (χ1) is 12.6. The van der Waals surface area contributed by atoms with Crippen LogP contribution in [0.4, 0.5) is 11.6 Å². The Morgan fingerprint density at radius 3 is 2.54 bits per heavy atom. The Kier molecular flexibility index (Phi) is 4.49. The van der Waals surface area contributed by atoms with E-state index >= 15 is 0 Å². The molecule has 2 aliphatic rings. The normalized spacial score (nSPS) is 17.3. The van der Waals surface area contributed by atoms with Crippen LogP contribution < -0.4 is 15.1 Å². The number of aromatic nitrogens is 2. The first kappa shape index (κ1) is 16.8. The minimum absolute atomic E-state index is 0.0924. The number of rotatable bonds is 4. The van der Waals surface area contributed by atoms with Crippen LogP contribution in [0.15, 0.2) is 30.5 Å². The molecule has 0 spiro atoms. The van der Waals surface area contributed by atoms with Crippen LogP contribution in [-0.2, 0) is 0 Å². The van der Waals surface area contributed by atoms with E-state index < -0.39 is 0 Å². The minimum atomic E-state index is -0.0924. The molecule has 1 aromatic heterocycles. The van der Waals surface area contributed by atoms with Gasteiger partial charge in [-0.2, -0.15) is 0 Å². The maximum absolute atomic E-state index is 12.2. The summed E-state index contributed by atoms with van der Waals surface area (Å²) < 4.78 is 0. The molecule has 1 amide bonds. The summed E-state index contributed by atoms with van der Waals surface area (Å²) in [6.07, 6.45) is 3.83. The van der Waals surface area contributed by atoms with Crippen molar-refractivity contribution in [2.24, 2.45) is 0 Å². The van der Waals surface area contributed by atoms with Crippen molar-refractivity contribution in [3.8, 4) is 0 Å². The molecule has 2 heterocycles. The molecule has 1 aliphatic carbocycles. The number of aryl methyl sites for hydroxylation is 1. The van der Waals surface area contributed by atoms with Gasteiger partial charge in [0.25, 0.3) is 5.91 Å². The molecule has 26 heavy (non-hydrogen) atoms. The highest BCUT2D eigenvalue weighted by Gasteiger charge is 2.25. The second-order valence-electron chi connectivity index (χ2n) is 7.18. The molecule has 0 radical (unpaired) electrons. The van der Waals surface area contributed by atoms with E-state index in [1.807, 2.05) is 0 Å². The molecule has 2 fully saturated rings. The van der Waals surface area contributed by atoms with Gasteiger partial charge in [-0.1, -0.05) is 12.1 Å². The lowest BCUT2D eigenvalue weighted by Gasteiger charge is -2.37. The van der Waals surface area contributed by atoms with Crippen LogP contribution in [-0.4, -0.2) is 48.1 Å². The predicted octanol–water partition coefficient (Wildman–Crippen LogP) is 2.31. The highest BCUT2D eigenvalue weighted by Crippen LogP contribution is 2.24. The third kappa shape index (κ3) is 3.49. The molecule has 1 saturated carbocycles. The van der Waals surface area contributed by atoms with E-state index in [0.29, 0.717) is 17.7 Å². The van der Waals surface area contributed by atoms with Crippen LogP contribution in [0, 0.1) is 13.8 Å². The Hall–Kier alpha value is -2.63. The summed E-state index contributed by atoms with van der Waals surface area (Å²) >= 11 is 0. The molecule has 1 N–H and O–H groups in total. The molecule has 0 bridgehead atoms. The van der Waals surface area contributed by atoms with Gasteiger partial charge in [-0.25, -0.2) is 9.97 Å². The number of piperazine rings is 1. The fourth-order valence-electron chi connectivity index (χ4n) is 3.34. The highest BCUT2D eigenvalue weighted by molar-refractivity contribution is 5.92. The smallest absolute Gasteiger partial charge is 0.270 e. The van der Waals surface area contributed by atoms with Crippen LogP contribution >= 0.6 is 0 Å². The lowest BCUT2D eigenvalue weighted by Crippen LogP contribution is -2.47. The quantitative estimate of drug-likeness (QED) is 0.916. The van der Waals surface area contributed by atoms with Gasteiger partial charge in [-0.3, -0.25) is 4.79 Å². The Balaban J connectivity index is 1.43. The third-order valence-corrected chi connectivity index (χ3v) is 5.27. The van der Waals surface area contributed by atoms with Gasteiger partial charge in [0.05, 0.1) is 0 Å². The SMILES string of the molecule is Cc1cccc(N2CCN(c3nccc(C(=O)NC4CC4)n3)CC2)c1C. The second kappa shape index (κ2) is 6.94. The minimum Gasteiger partial charge on any atom is -0.368 e. The topological polar surface area (TPSA) is 61.4 Å². The van der Waals surface area contributed by atoms with Crippen molar-refractivity contribution in [1.29, 1.82) is 0 Å². The molecule has 0 atom stereocenters. The van der Waals surface area contributed by atoms with Crippen molar-refractivity contribution in [2.75, 3.05) is 36.0 Å². The average Bonchev–Trinajstić information content (AvgIpc) is 3.48. The molecule has 2 aromatic rings. The van der Waals surface area contributed by atoms with Crippen molar-refractivity contribution in [3.05, 3.63) is 47.3 Å². The zero-order valence-corrected chi connectivity index (χ0v) is 15.4. The number of nitrogens with zero attached hydrogens (tertiary/aromatic N) is 4. The van der Waals surface area contributed by atoms with Crippen LogP contribution in [0.1, 0.15) is 34.5 Å². The number of hydrogen-bond donors (Lipinski definition) is 1. The number of benzene rings is 1. The van der Waals surface area contributed by atoms with Gasteiger partial charge in [-0.15, -0.1) is 0 Å². The van der Waals surface area contributed by atoms with E-state index in [1.54, 1.807) is 12.3 Å². The maximum atomic E-state index is 12.2. The van der Waals surface area contributed by atoms with E-state index in [0.717, 1.165) is 39.0 Å². The Labute approximate surface area is 154 Å². The van der Waals surface area contributed by atoms with Crippen LogP contribution in [0.3, 0.4) is 0 Å². The summed E-state index contributed by atoms with van der Waals surface area (Å²) in [6.45, 7) is 7.88. The number of hydrogen-bond acceptors (Lipinski definition) is 5. The van der Waals surface area contributed by atoms with Gasteiger partial charge in [0.2, 0.25) is 5.95 Å². The van der Waals surface area contributed by atoms with Gasteiger partial charge in [0.15, 0.2) is 0 Å². The van der Waals surface area contributed by atoms with Gasteiger partial charge in [-0.05, 0) is 49.9 Å². The summed E-state index contributed by atoms with van der Waals surface area (Å²) in [6, 6.07) is 8.49. The van der Waals surface area contributed by atoms with E-state index in [4.69, 9.17) is 0 Å². The van der Waals surface area contributed by atoms with Crippen LogP contribution in [0.25, 0.3) is 0 Å². The molecule has 4 rings (SSSR count). The maximum Gasteiger partial charge on any atom is 0.270 e. The predicted molar refractivity (Wildman–Crippen MR) is 103 cm³/mol. The van der Waals surface area contributed by atoms with Crippen LogP contribution in [0.5, 0.6) is 0 Å². The molecule has 6 nitrogen and oxygen atoms in total. The molecular formula is C20H25N5O. The number of amides is 1. The number of nitrogens with one attached hydrogen (secondary N) is 1. The monoisotopic (exact) mass is 351 g/mol. The van der Waals surface area contributed by atoms with Crippen LogP contribution in [0.2, 0.25) is 0 Å². The average molecular weight is 351 g/mol. The summed E-state index contributed by atoms with van der Waals surface area (Å²) in [5.74, 6) is 0.555. The standard InChI is InChI=1S/C20H25N5O/c1-14-4-3-5-18(15(14)2)24-10-12-25(13-11-24)20-21-9-8-17(23-20)19(26)22-16-6-7-16/h3-5,8-9,16H,6-7,10-13H2,1-2H3,(H,22,26). The summed E-state index contributed by atoms with van der Waals surface area (Å²) in [5, 5.41) is 2.98. The number of carbonyl (C=O) groups is 1. The van der Waals surface area contributed by atoms with Gasteiger partial charge < -0.3 is 15.1 Å². The Morgan fingerprint density at radius 1 is 1.08 bits per heavy atom. The summed E-state index contributed by atoms with van der Waals surface area (Å²) in [7, 11) is 0. The third-order valence-electron chi connectivity index (χ3n) is 5.27. The van der Waals surface area contributed by atoms with Crippen molar-refractivity contribution in [2.45, 2.75) is 32.7 Å². The van der Waals surface area contributed by atoms with Crippen molar-refractivity contribution < 1.29 is 4.79 Å². The molecule has 1 aromatic carbocycles. The molecule has 136 valence electrons. The van der Waals surface area contributed by atoms with Gasteiger partial charge in [0, 0.05) is 44.1 Å². The lowest BCUT2D eigenvalue weighted by atomic mass is 10.1. The molecule has 1 saturated heterocycles. The molecule has 1 aliphatic heterocycles. The largest absolute Gasteiger partial charge is 0.368 e. The summed E-state index contributed by atoms with van der Waals surface area (Å²) in [5.41, 5.74) is 4.43. The molecule has 6 heteroatoms. The first-order valence-electron chi connectivity index (χ1n) is 9.32. The van der Waals surface area contributed by atoms with E-state index in [-0.39, 0.29) is 5.91 Å². The van der Waals surface area contributed by atoms with Gasteiger partial charge >= 0.3 is 0 Å². The van der Waals surface area contributed by atoms with E-state index in [2.05, 4.69) is 57.1 Å². The zero-order chi connectivity index (χ0) is 18.1. The molecular weight excluding hydrogens is 326 g/mol. The van der Waals surface area contributed by atoms with Crippen molar-refractivity contribution >= 4 is 17.5 Å². The van der Waals surface area contributed by atoms with Gasteiger partial charge in [0.1, 0.15) is 5.69 Å². The number of anilines is 2. The first-order valence-corrected chi connectivity index (χ1v) is 9.32. The highest BCUT2D eigenvalue weighted by atomic mass is 16.2. The number of carbonyl (C=O) groups excluding carboxylic acids is 1.